The molecule has 1 saturated carbocycles. The van der Waals surface area contributed by atoms with Crippen LogP contribution in [0.5, 0.6) is 0 Å². The van der Waals surface area contributed by atoms with Crippen LogP contribution in [0, 0.1) is 19.7 Å². The van der Waals surface area contributed by atoms with Crippen molar-refractivity contribution in [2.24, 2.45) is 0 Å². The molecule has 5 nitrogen and oxygen atoms in total. The molecule has 1 aliphatic rings. The highest BCUT2D eigenvalue weighted by molar-refractivity contribution is 5.76. The molecule has 4 aromatic rings. The Morgan fingerprint density at radius 1 is 1.00 bits per heavy atom. The van der Waals surface area contributed by atoms with Gasteiger partial charge in [-0.1, -0.05) is 12.1 Å². The van der Waals surface area contributed by atoms with Crippen LogP contribution < -0.4 is 5.56 Å². The molecule has 3 heterocycles. The van der Waals surface area contributed by atoms with Gasteiger partial charge in [0.1, 0.15) is 17.2 Å². The van der Waals surface area contributed by atoms with Crippen LogP contribution in [0.4, 0.5) is 13.2 Å². The molecule has 0 aliphatic heterocycles. The Hall–Kier alpha value is -3.55. The highest BCUT2D eigenvalue weighted by Crippen LogP contribution is 2.41. The van der Waals surface area contributed by atoms with E-state index in [0.717, 1.165) is 47.9 Å². The van der Waals surface area contributed by atoms with E-state index in [4.69, 9.17) is 0 Å². The van der Waals surface area contributed by atoms with Gasteiger partial charge in [-0.3, -0.25) is 19.3 Å². The molecule has 0 radical (unpaired) electrons. The summed E-state index contributed by atoms with van der Waals surface area (Å²) in [4.78, 5) is 26.2. The molecule has 0 saturated heterocycles. The van der Waals surface area contributed by atoms with Gasteiger partial charge >= 0.3 is 0 Å². The number of alkyl halides is 2. The molecule has 1 aromatic carbocycles. The van der Waals surface area contributed by atoms with Crippen molar-refractivity contribution in [3.63, 3.8) is 0 Å². The number of hydrogen-bond donors (Lipinski definition) is 0. The molecule has 0 spiro atoms. The smallest absolute Gasteiger partial charge is 0.282 e. The molecule has 0 unspecified atom stereocenters. The molecule has 36 heavy (non-hydrogen) atoms. The van der Waals surface area contributed by atoms with Crippen LogP contribution in [0.3, 0.4) is 0 Å². The van der Waals surface area contributed by atoms with Crippen molar-refractivity contribution in [3.05, 3.63) is 98.7 Å². The summed E-state index contributed by atoms with van der Waals surface area (Å²) in [5.74, 6) is -0.0661. The number of pyridine rings is 2. The number of rotatable bonds is 5. The van der Waals surface area contributed by atoms with E-state index < -0.39 is 12.1 Å². The van der Waals surface area contributed by atoms with Gasteiger partial charge in [0.05, 0.1) is 12.2 Å². The fraction of sp³-hybridized carbons (Fsp3) is 0.357. The minimum absolute atomic E-state index is 0.00536. The predicted molar refractivity (Wildman–Crippen MR) is 132 cm³/mol. The molecule has 1 fully saturated rings. The number of nitrogens with zero attached hydrogens (tertiary/aromatic N) is 4. The van der Waals surface area contributed by atoms with Gasteiger partial charge in [-0.25, -0.2) is 18.2 Å². The number of aryl methyl sites for hydroxylation is 2. The van der Waals surface area contributed by atoms with E-state index >= 15 is 0 Å². The Kier molecular flexibility index (Phi) is 6.60. The van der Waals surface area contributed by atoms with E-state index in [1.807, 2.05) is 38.1 Å². The summed E-state index contributed by atoms with van der Waals surface area (Å²) in [5.41, 5.74) is 2.88. The lowest BCUT2D eigenvalue weighted by molar-refractivity contribution is 0.144. The number of hydrogen-bond acceptors (Lipinski definition) is 4. The van der Waals surface area contributed by atoms with Gasteiger partial charge in [-0.15, -0.1) is 0 Å². The highest BCUT2D eigenvalue weighted by atomic mass is 19.3. The summed E-state index contributed by atoms with van der Waals surface area (Å²) in [6.07, 6.45) is 2.80. The van der Waals surface area contributed by atoms with Gasteiger partial charge < -0.3 is 0 Å². The number of halogens is 3. The lowest BCUT2D eigenvalue weighted by Gasteiger charge is -2.30. The van der Waals surface area contributed by atoms with Crippen molar-refractivity contribution in [2.45, 2.75) is 64.3 Å². The summed E-state index contributed by atoms with van der Waals surface area (Å²) >= 11 is 0. The standard InChI is InChI=1S/C28H27F3N4O/c1-16-4-3-5-22(29)24(16)19-10-8-18(9-11-19)21-14-20-7-6-17(2)34-27(20)35(28(21)36)15-23-25(26(30)31)33-13-12-32-23/h3-7,12-14,18-19,26H,8-11,15H2,1-2H3. The second kappa shape index (κ2) is 9.84. The number of fused-ring (bicyclic) bond motifs is 1. The summed E-state index contributed by atoms with van der Waals surface area (Å²) in [6.45, 7) is 3.61. The van der Waals surface area contributed by atoms with Crippen LogP contribution in [0.25, 0.3) is 11.0 Å². The van der Waals surface area contributed by atoms with Gasteiger partial charge in [0.25, 0.3) is 12.0 Å². The Bertz CT molecular complexity index is 1460. The average molecular weight is 493 g/mol. The first-order valence-electron chi connectivity index (χ1n) is 12.2. The zero-order valence-corrected chi connectivity index (χ0v) is 20.2. The average Bonchev–Trinajstić information content (AvgIpc) is 2.86. The molecule has 186 valence electrons. The second-order valence-electron chi connectivity index (χ2n) is 9.56. The van der Waals surface area contributed by atoms with Crippen molar-refractivity contribution in [3.8, 4) is 0 Å². The highest BCUT2D eigenvalue weighted by Gasteiger charge is 2.29. The van der Waals surface area contributed by atoms with E-state index in [9.17, 15) is 18.0 Å². The van der Waals surface area contributed by atoms with E-state index in [2.05, 4.69) is 15.0 Å². The second-order valence-corrected chi connectivity index (χ2v) is 9.56. The number of aromatic nitrogens is 4. The van der Waals surface area contributed by atoms with Crippen molar-refractivity contribution >= 4 is 11.0 Å². The van der Waals surface area contributed by atoms with Crippen LogP contribution in [0.1, 0.15) is 77.7 Å². The Labute approximate surface area is 207 Å². The molecular formula is C28H27F3N4O. The van der Waals surface area contributed by atoms with Crippen LogP contribution in [-0.4, -0.2) is 19.5 Å². The van der Waals surface area contributed by atoms with Gasteiger partial charge in [0.2, 0.25) is 0 Å². The fourth-order valence-electron chi connectivity index (χ4n) is 5.49. The first-order chi connectivity index (χ1) is 17.3. The van der Waals surface area contributed by atoms with E-state index in [1.54, 1.807) is 6.07 Å². The lowest BCUT2D eigenvalue weighted by Crippen LogP contribution is -2.29. The van der Waals surface area contributed by atoms with Crippen LogP contribution in [0.15, 0.2) is 53.6 Å². The van der Waals surface area contributed by atoms with Gasteiger partial charge in [0, 0.05) is 29.0 Å². The van der Waals surface area contributed by atoms with Gasteiger partial charge in [-0.05, 0) is 86.8 Å². The third-order valence-corrected chi connectivity index (χ3v) is 7.27. The molecule has 0 N–H and O–H groups in total. The van der Waals surface area contributed by atoms with Crippen molar-refractivity contribution in [1.82, 2.24) is 19.5 Å². The third kappa shape index (κ3) is 4.52. The van der Waals surface area contributed by atoms with E-state index in [1.165, 1.54) is 23.0 Å². The van der Waals surface area contributed by atoms with Gasteiger partial charge in [-0.2, -0.15) is 0 Å². The van der Waals surface area contributed by atoms with Crippen LogP contribution >= 0.6 is 0 Å². The maximum Gasteiger partial charge on any atom is 0.282 e. The zero-order valence-electron chi connectivity index (χ0n) is 20.2. The monoisotopic (exact) mass is 492 g/mol. The summed E-state index contributed by atoms with van der Waals surface area (Å²) in [7, 11) is 0. The SMILES string of the molecule is Cc1ccc2cc(C3CCC(c4c(C)cccc4F)CC3)c(=O)n(Cc3nccnc3C(F)F)c2n1. The Morgan fingerprint density at radius 2 is 1.72 bits per heavy atom. The first kappa shape index (κ1) is 24.2. The molecule has 8 heteroatoms. The molecular weight excluding hydrogens is 465 g/mol. The minimum Gasteiger partial charge on any atom is -0.286 e. The maximum absolute atomic E-state index is 14.6. The normalized spacial score (nSPS) is 18.2. The largest absolute Gasteiger partial charge is 0.286 e. The molecule has 5 rings (SSSR count). The zero-order chi connectivity index (χ0) is 25.4. The minimum atomic E-state index is -2.80. The van der Waals surface area contributed by atoms with Crippen molar-refractivity contribution in [1.29, 1.82) is 0 Å². The third-order valence-electron chi connectivity index (χ3n) is 7.27. The Balaban J connectivity index is 1.52. The summed E-state index contributed by atoms with van der Waals surface area (Å²) in [6, 6.07) is 10.8. The van der Waals surface area contributed by atoms with Crippen LogP contribution in [0.2, 0.25) is 0 Å². The molecule has 1 aliphatic carbocycles. The van der Waals surface area contributed by atoms with Crippen LogP contribution in [-0.2, 0) is 6.54 Å². The number of benzene rings is 1. The molecule has 0 bridgehead atoms. The van der Waals surface area contributed by atoms with E-state index in [-0.39, 0.29) is 35.5 Å². The molecule has 3 aromatic heterocycles. The lowest BCUT2D eigenvalue weighted by atomic mass is 9.75. The van der Waals surface area contributed by atoms with Gasteiger partial charge in [0.15, 0.2) is 0 Å². The summed E-state index contributed by atoms with van der Waals surface area (Å²) in [5, 5.41) is 0.768. The quantitative estimate of drug-likeness (QED) is 0.325. The molecule has 0 amide bonds. The first-order valence-corrected chi connectivity index (χ1v) is 12.2. The van der Waals surface area contributed by atoms with E-state index in [0.29, 0.717) is 11.2 Å². The van der Waals surface area contributed by atoms with Crippen molar-refractivity contribution < 1.29 is 13.2 Å². The van der Waals surface area contributed by atoms with Crippen molar-refractivity contribution in [2.75, 3.05) is 0 Å². The Morgan fingerprint density at radius 3 is 2.44 bits per heavy atom. The topological polar surface area (TPSA) is 60.7 Å². The maximum atomic E-state index is 14.6. The predicted octanol–water partition coefficient (Wildman–Crippen LogP) is 6.37. The fourth-order valence-corrected chi connectivity index (χ4v) is 5.49. The summed E-state index contributed by atoms with van der Waals surface area (Å²) < 4.78 is 43.2. The molecule has 0 atom stereocenters.